The molecule has 2 heterocycles. The van der Waals surface area contributed by atoms with Gasteiger partial charge >= 0.3 is 5.69 Å². The van der Waals surface area contributed by atoms with E-state index in [9.17, 15) is 4.79 Å². The molecule has 4 N–H and O–H groups in total. The quantitative estimate of drug-likeness (QED) is 0.479. The Labute approximate surface area is 180 Å². The van der Waals surface area contributed by atoms with Gasteiger partial charge < -0.3 is 16.2 Å². The number of anilines is 2. The minimum Gasteiger partial charge on any atom is -0.439 e. The smallest absolute Gasteiger partial charge is 0.328 e. The Morgan fingerprint density at radius 2 is 1.77 bits per heavy atom. The molecule has 2 aromatic carbocycles. The van der Waals surface area contributed by atoms with E-state index >= 15 is 0 Å². The van der Waals surface area contributed by atoms with Crippen LogP contribution in [0.1, 0.15) is 20.8 Å². The molecule has 0 unspecified atom stereocenters. The van der Waals surface area contributed by atoms with Crippen LogP contribution in [0.15, 0.2) is 59.5 Å². The number of imidazole rings is 1. The largest absolute Gasteiger partial charge is 0.439 e. The summed E-state index contributed by atoms with van der Waals surface area (Å²) in [5.41, 5.74) is 16.7. The maximum Gasteiger partial charge on any atom is 0.328 e. The first-order valence-corrected chi connectivity index (χ1v) is 10.1. The summed E-state index contributed by atoms with van der Waals surface area (Å²) in [6, 6.07) is 14.8. The van der Waals surface area contributed by atoms with Crippen LogP contribution in [0.3, 0.4) is 0 Å². The number of hydrogen-bond donors (Lipinski definition) is 2. The lowest BCUT2D eigenvalue weighted by Crippen LogP contribution is -2.27. The molecule has 160 valence electrons. The molecular weight excluding hydrogens is 390 g/mol. The lowest BCUT2D eigenvalue weighted by molar-refractivity contribution is 0.342. The van der Waals surface area contributed by atoms with E-state index < -0.39 is 0 Å². The van der Waals surface area contributed by atoms with Gasteiger partial charge in [0, 0.05) is 42.8 Å². The topological polar surface area (TPSA) is 101 Å². The molecule has 0 radical (unpaired) electrons. The molecule has 7 heteroatoms. The van der Waals surface area contributed by atoms with Crippen molar-refractivity contribution in [2.45, 2.75) is 27.3 Å². The minimum atomic E-state index is -0.0279. The summed E-state index contributed by atoms with van der Waals surface area (Å²) in [5, 5.41) is 0. The summed E-state index contributed by atoms with van der Waals surface area (Å²) in [7, 11) is 1.79. The van der Waals surface area contributed by atoms with Gasteiger partial charge in [-0.1, -0.05) is 26.8 Å². The molecule has 31 heavy (non-hydrogen) atoms. The Kier molecular flexibility index (Phi) is 4.97. The van der Waals surface area contributed by atoms with Gasteiger partial charge in [0.2, 0.25) is 5.88 Å². The average Bonchev–Trinajstić information content (AvgIpc) is 2.93. The zero-order chi connectivity index (χ0) is 22.3. The summed E-state index contributed by atoms with van der Waals surface area (Å²) >= 11 is 0. The number of nitrogen functional groups attached to an aromatic ring is 2. The van der Waals surface area contributed by atoms with Crippen LogP contribution < -0.4 is 21.9 Å². The van der Waals surface area contributed by atoms with Crippen LogP contribution in [0, 0.1) is 5.41 Å². The first-order chi connectivity index (χ1) is 14.6. The Morgan fingerprint density at radius 3 is 2.48 bits per heavy atom. The van der Waals surface area contributed by atoms with Crippen LogP contribution in [0.4, 0.5) is 11.4 Å². The van der Waals surface area contributed by atoms with Gasteiger partial charge in [-0.3, -0.25) is 9.13 Å². The first kappa shape index (κ1) is 20.5. The van der Waals surface area contributed by atoms with Crippen LogP contribution in [0.5, 0.6) is 11.6 Å². The van der Waals surface area contributed by atoms with Gasteiger partial charge in [0.25, 0.3) is 0 Å². The van der Waals surface area contributed by atoms with E-state index in [0.717, 1.165) is 22.2 Å². The van der Waals surface area contributed by atoms with Crippen molar-refractivity contribution in [3.63, 3.8) is 0 Å². The van der Waals surface area contributed by atoms with Crippen molar-refractivity contribution in [2.75, 3.05) is 11.5 Å². The number of aryl methyl sites for hydroxylation is 1. The Bertz CT molecular complexity index is 1330. The summed E-state index contributed by atoms with van der Waals surface area (Å²) < 4.78 is 9.36. The van der Waals surface area contributed by atoms with Gasteiger partial charge in [0.15, 0.2) is 0 Å². The summed E-state index contributed by atoms with van der Waals surface area (Å²) in [5.74, 6) is 1.01. The number of pyridine rings is 1. The molecule has 7 nitrogen and oxygen atoms in total. The van der Waals surface area contributed by atoms with Gasteiger partial charge in [-0.25, -0.2) is 9.78 Å². The van der Waals surface area contributed by atoms with Crippen molar-refractivity contribution in [3.8, 4) is 22.8 Å². The van der Waals surface area contributed by atoms with Crippen molar-refractivity contribution >= 4 is 22.4 Å². The lowest BCUT2D eigenvalue weighted by atomic mass is 9.97. The average molecular weight is 418 g/mol. The third-order valence-electron chi connectivity index (χ3n) is 5.09. The highest BCUT2D eigenvalue weighted by molar-refractivity contribution is 5.86. The van der Waals surface area contributed by atoms with E-state index in [0.29, 0.717) is 29.5 Å². The molecule has 0 amide bonds. The summed E-state index contributed by atoms with van der Waals surface area (Å²) in [6.07, 6.45) is 1.60. The van der Waals surface area contributed by atoms with Crippen LogP contribution >= 0.6 is 0 Å². The fourth-order valence-electron chi connectivity index (χ4n) is 3.65. The highest BCUT2D eigenvalue weighted by atomic mass is 16.5. The van der Waals surface area contributed by atoms with Crippen LogP contribution in [-0.2, 0) is 13.6 Å². The van der Waals surface area contributed by atoms with Crippen molar-refractivity contribution in [1.82, 2.24) is 14.1 Å². The Morgan fingerprint density at radius 1 is 1.00 bits per heavy atom. The Hall–Kier alpha value is -3.74. The highest BCUT2D eigenvalue weighted by Gasteiger charge is 2.18. The first-order valence-electron chi connectivity index (χ1n) is 10.1. The molecule has 0 saturated carbocycles. The zero-order valence-corrected chi connectivity index (χ0v) is 18.2. The molecular formula is C24H27N5O2. The van der Waals surface area contributed by atoms with Gasteiger partial charge in [0.05, 0.1) is 11.0 Å². The number of aromatic nitrogens is 3. The predicted molar refractivity (Wildman–Crippen MR) is 125 cm³/mol. The van der Waals surface area contributed by atoms with Crippen LogP contribution in [0.2, 0.25) is 0 Å². The molecule has 0 aliphatic carbocycles. The highest BCUT2D eigenvalue weighted by Crippen LogP contribution is 2.33. The normalized spacial score (nSPS) is 11.7. The van der Waals surface area contributed by atoms with Crippen molar-refractivity contribution < 1.29 is 4.74 Å². The van der Waals surface area contributed by atoms with Gasteiger partial charge in [-0.15, -0.1) is 0 Å². The van der Waals surface area contributed by atoms with E-state index in [1.807, 2.05) is 28.8 Å². The van der Waals surface area contributed by atoms with Crippen LogP contribution in [0.25, 0.3) is 22.2 Å². The predicted octanol–water partition coefficient (Wildman–Crippen LogP) is 4.40. The van der Waals surface area contributed by atoms with E-state index in [2.05, 4.69) is 25.8 Å². The fourth-order valence-corrected chi connectivity index (χ4v) is 3.65. The standard InChI is InChI=1S/C24H27N5O2/c1-24(2,3)14-29-20-8-5-15(11-21(20)28(4)23(29)30)18-13-17(6-7-19(18)26)31-22-12-16(25)9-10-27-22/h5-13H,14,26H2,1-4H3,(H2,25,27). The molecule has 0 saturated heterocycles. The SMILES string of the molecule is Cn1c(=O)n(CC(C)(C)C)c2ccc(-c3cc(Oc4cc(N)ccn4)ccc3N)cc21. The second kappa shape index (κ2) is 7.50. The number of rotatable bonds is 4. The summed E-state index contributed by atoms with van der Waals surface area (Å²) in [6.45, 7) is 7.00. The number of ether oxygens (including phenoxy) is 1. The Balaban J connectivity index is 1.76. The van der Waals surface area contributed by atoms with Crippen molar-refractivity contribution in [2.24, 2.45) is 12.5 Å². The summed E-state index contributed by atoms with van der Waals surface area (Å²) in [4.78, 5) is 17.0. The maximum atomic E-state index is 12.8. The molecule has 4 rings (SSSR count). The number of nitrogens with two attached hydrogens (primary N) is 2. The van der Waals surface area contributed by atoms with Gasteiger partial charge in [0.1, 0.15) is 5.75 Å². The molecule has 0 spiro atoms. The van der Waals surface area contributed by atoms with E-state index in [4.69, 9.17) is 16.2 Å². The second-order valence-corrected chi connectivity index (χ2v) is 8.97. The van der Waals surface area contributed by atoms with Gasteiger partial charge in [-0.2, -0.15) is 0 Å². The minimum absolute atomic E-state index is 0.0122. The molecule has 0 atom stereocenters. The lowest BCUT2D eigenvalue weighted by Gasteiger charge is -2.18. The molecule has 0 aliphatic rings. The van der Waals surface area contributed by atoms with E-state index in [1.54, 1.807) is 42.1 Å². The monoisotopic (exact) mass is 417 g/mol. The van der Waals surface area contributed by atoms with Crippen molar-refractivity contribution in [1.29, 1.82) is 0 Å². The number of benzene rings is 2. The molecule has 0 fully saturated rings. The van der Waals surface area contributed by atoms with E-state index in [-0.39, 0.29) is 11.1 Å². The van der Waals surface area contributed by atoms with Gasteiger partial charge in [-0.05, 0) is 47.4 Å². The second-order valence-electron chi connectivity index (χ2n) is 8.97. The molecule has 4 aromatic rings. The maximum absolute atomic E-state index is 12.8. The van der Waals surface area contributed by atoms with E-state index in [1.165, 1.54) is 0 Å². The zero-order valence-electron chi connectivity index (χ0n) is 18.2. The molecule has 2 aromatic heterocycles. The molecule has 0 bridgehead atoms. The number of fused-ring (bicyclic) bond motifs is 1. The van der Waals surface area contributed by atoms with Crippen molar-refractivity contribution in [3.05, 3.63) is 65.2 Å². The van der Waals surface area contributed by atoms with Crippen LogP contribution in [-0.4, -0.2) is 14.1 Å². The molecule has 0 aliphatic heterocycles. The third kappa shape index (κ3) is 4.12. The number of hydrogen-bond acceptors (Lipinski definition) is 5. The number of nitrogens with zero attached hydrogens (tertiary/aromatic N) is 3. The third-order valence-corrected chi connectivity index (χ3v) is 5.09. The fraction of sp³-hybridized carbons (Fsp3) is 0.250.